The van der Waals surface area contributed by atoms with Crippen molar-refractivity contribution in [3.63, 3.8) is 0 Å². The van der Waals surface area contributed by atoms with Crippen molar-refractivity contribution in [1.82, 2.24) is 0 Å². The molecule has 72 valence electrons. The maximum Gasteiger partial charge on any atom is 0.134 e. The number of hydrogen-bond acceptors (Lipinski definition) is 2. The number of rotatable bonds is 2. The Labute approximate surface area is 82.7 Å². The molecule has 1 aromatic heterocycles. The van der Waals surface area contributed by atoms with Gasteiger partial charge in [0, 0.05) is 16.5 Å². The number of nitrogens with two attached hydrogens (primary N) is 1. The van der Waals surface area contributed by atoms with Gasteiger partial charge in [-0.2, -0.15) is 0 Å². The summed E-state index contributed by atoms with van der Waals surface area (Å²) in [4.78, 5) is 0. The predicted octanol–water partition coefficient (Wildman–Crippen LogP) is 2.47. The average molecular weight is 187 g/mol. The summed E-state index contributed by atoms with van der Waals surface area (Å²) >= 11 is 0. The van der Waals surface area contributed by atoms with Gasteiger partial charge in [-0.1, -0.05) is 18.2 Å². The van der Waals surface area contributed by atoms with Gasteiger partial charge in [0.1, 0.15) is 5.58 Å². The lowest BCUT2D eigenvalue weighted by atomic mass is 10.0. The highest BCUT2D eigenvalue weighted by molar-refractivity contribution is 5.81. The monoisotopic (exact) mass is 187 g/mol. The van der Waals surface area contributed by atoms with E-state index in [0.717, 1.165) is 24.8 Å². The molecule has 0 unspecified atom stereocenters. The quantitative estimate of drug-likeness (QED) is 0.784. The molecule has 1 aliphatic rings. The minimum absolute atomic E-state index is 0.0621. The highest BCUT2D eigenvalue weighted by Crippen LogP contribution is 2.37. The van der Waals surface area contributed by atoms with Crippen molar-refractivity contribution in [3.05, 3.63) is 36.1 Å². The van der Waals surface area contributed by atoms with E-state index in [0.29, 0.717) is 0 Å². The number of hydrogen-bond donors (Lipinski definition) is 1. The zero-order chi connectivity index (χ0) is 9.60. The number of para-hydroxylation sites is 1. The standard InChI is InChI=1S/C12H13NO/c13-12(5-6-12)7-9-8-14-11-4-2-1-3-10(9)11/h1-4,8H,5-7,13H2. The van der Waals surface area contributed by atoms with E-state index in [-0.39, 0.29) is 5.54 Å². The fraction of sp³-hybridized carbons (Fsp3) is 0.333. The Bertz CT molecular complexity index is 468. The minimum atomic E-state index is 0.0621. The Morgan fingerprint density at radius 1 is 1.29 bits per heavy atom. The average Bonchev–Trinajstić information content (AvgIpc) is 2.77. The molecule has 0 spiro atoms. The van der Waals surface area contributed by atoms with E-state index in [1.165, 1.54) is 10.9 Å². The van der Waals surface area contributed by atoms with Crippen LogP contribution in [0.4, 0.5) is 0 Å². The van der Waals surface area contributed by atoms with E-state index in [1.807, 2.05) is 24.5 Å². The molecule has 2 aromatic rings. The third kappa shape index (κ3) is 1.23. The second-order valence-electron chi connectivity index (χ2n) is 4.30. The summed E-state index contributed by atoms with van der Waals surface area (Å²) in [7, 11) is 0. The Balaban J connectivity index is 2.04. The van der Waals surface area contributed by atoms with Gasteiger partial charge in [-0.05, 0) is 25.3 Å². The van der Waals surface area contributed by atoms with Crippen LogP contribution in [0.2, 0.25) is 0 Å². The lowest BCUT2D eigenvalue weighted by Crippen LogP contribution is -2.24. The van der Waals surface area contributed by atoms with Crippen LogP contribution in [0.25, 0.3) is 11.0 Å². The van der Waals surface area contributed by atoms with Crippen LogP contribution in [0, 0.1) is 0 Å². The fourth-order valence-corrected chi connectivity index (χ4v) is 1.89. The molecule has 2 nitrogen and oxygen atoms in total. The van der Waals surface area contributed by atoms with Gasteiger partial charge in [0.05, 0.1) is 6.26 Å². The Morgan fingerprint density at radius 3 is 2.86 bits per heavy atom. The van der Waals surface area contributed by atoms with Crippen molar-refractivity contribution in [2.24, 2.45) is 5.73 Å². The van der Waals surface area contributed by atoms with Crippen LogP contribution in [-0.4, -0.2) is 5.54 Å². The molecule has 0 aliphatic heterocycles. The molecule has 0 radical (unpaired) electrons. The number of fused-ring (bicyclic) bond motifs is 1. The van der Waals surface area contributed by atoms with Gasteiger partial charge in [-0.15, -0.1) is 0 Å². The predicted molar refractivity (Wildman–Crippen MR) is 56.1 cm³/mol. The van der Waals surface area contributed by atoms with Gasteiger partial charge in [0.25, 0.3) is 0 Å². The summed E-state index contributed by atoms with van der Waals surface area (Å²) in [6.45, 7) is 0. The number of furan rings is 1. The molecule has 1 aromatic carbocycles. The number of benzene rings is 1. The van der Waals surface area contributed by atoms with Crippen LogP contribution in [0.5, 0.6) is 0 Å². The summed E-state index contributed by atoms with van der Waals surface area (Å²) < 4.78 is 5.47. The van der Waals surface area contributed by atoms with Crippen LogP contribution in [0.1, 0.15) is 18.4 Å². The van der Waals surface area contributed by atoms with Crippen LogP contribution in [-0.2, 0) is 6.42 Å². The summed E-state index contributed by atoms with van der Waals surface area (Å²) in [6, 6.07) is 8.12. The molecule has 3 rings (SSSR count). The maximum absolute atomic E-state index is 6.09. The van der Waals surface area contributed by atoms with Crippen LogP contribution in [0.15, 0.2) is 34.9 Å². The molecular weight excluding hydrogens is 174 g/mol. The summed E-state index contributed by atoms with van der Waals surface area (Å²) in [5, 5.41) is 1.21. The topological polar surface area (TPSA) is 39.2 Å². The first-order chi connectivity index (χ1) is 6.77. The molecule has 2 heteroatoms. The van der Waals surface area contributed by atoms with Crippen molar-refractivity contribution in [2.75, 3.05) is 0 Å². The second kappa shape index (κ2) is 2.61. The molecule has 0 bridgehead atoms. The smallest absolute Gasteiger partial charge is 0.134 e. The highest BCUT2D eigenvalue weighted by Gasteiger charge is 2.38. The first-order valence-corrected chi connectivity index (χ1v) is 5.01. The van der Waals surface area contributed by atoms with E-state index in [2.05, 4.69) is 6.07 Å². The summed E-state index contributed by atoms with van der Waals surface area (Å²) in [5.41, 5.74) is 8.36. The molecule has 1 heterocycles. The van der Waals surface area contributed by atoms with Gasteiger partial charge in [-0.3, -0.25) is 0 Å². The van der Waals surface area contributed by atoms with Crippen LogP contribution >= 0.6 is 0 Å². The largest absolute Gasteiger partial charge is 0.464 e. The normalized spacial score (nSPS) is 18.6. The second-order valence-corrected chi connectivity index (χ2v) is 4.30. The highest BCUT2D eigenvalue weighted by atomic mass is 16.3. The molecular formula is C12H13NO. The fourth-order valence-electron chi connectivity index (χ4n) is 1.89. The van der Waals surface area contributed by atoms with E-state index in [4.69, 9.17) is 10.2 Å². The molecule has 2 N–H and O–H groups in total. The van der Waals surface area contributed by atoms with Crippen molar-refractivity contribution >= 4 is 11.0 Å². The summed E-state index contributed by atoms with van der Waals surface area (Å²) in [6.07, 6.45) is 5.08. The zero-order valence-corrected chi connectivity index (χ0v) is 7.99. The minimum Gasteiger partial charge on any atom is -0.464 e. The van der Waals surface area contributed by atoms with Crippen LogP contribution in [0.3, 0.4) is 0 Å². The molecule has 0 saturated heterocycles. The van der Waals surface area contributed by atoms with E-state index in [9.17, 15) is 0 Å². The Morgan fingerprint density at radius 2 is 2.07 bits per heavy atom. The lowest BCUT2D eigenvalue weighted by Gasteiger charge is -2.05. The Hall–Kier alpha value is -1.28. The van der Waals surface area contributed by atoms with Crippen molar-refractivity contribution in [2.45, 2.75) is 24.8 Å². The third-order valence-electron chi connectivity index (χ3n) is 3.00. The Kier molecular flexibility index (Phi) is 1.50. The molecule has 1 saturated carbocycles. The lowest BCUT2D eigenvalue weighted by molar-refractivity contribution is 0.599. The maximum atomic E-state index is 6.09. The zero-order valence-electron chi connectivity index (χ0n) is 7.99. The van der Waals surface area contributed by atoms with Crippen molar-refractivity contribution in [1.29, 1.82) is 0 Å². The van der Waals surface area contributed by atoms with Gasteiger partial charge in [-0.25, -0.2) is 0 Å². The van der Waals surface area contributed by atoms with Crippen molar-refractivity contribution in [3.8, 4) is 0 Å². The van der Waals surface area contributed by atoms with Crippen LogP contribution < -0.4 is 5.73 Å². The van der Waals surface area contributed by atoms with Gasteiger partial charge >= 0.3 is 0 Å². The van der Waals surface area contributed by atoms with E-state index >= 15 is 0 Å². The molecule has 0 amide bonds. The van der Waals surface area contributed by atoms with E-state index in [1.54, 1.807) is 0 Å². The third-order valence-corrected chi connectivity index (χ3v) is 3.00. The summed E-state index contributed by atoms with van der Waals surface area (Å²) in [5.74, 6) is 0. The molecule has 1 aliphatic carbocycles. The van der Waals surface area contributed by atoms with Crippen molar-refractivity contribution < 1.29 is 4.42 Å². The SMILES string of the molecule is NC1(Cc2coc3ccccc23)CC1. The first-order valence-electron chi connectivity index (χ1n) is 5.01. The molecule has 14 heavy (non-hydrogen) atoms. The van der Waals surface area contributed by atoms with Gasteiger partial charge in [0.15, 0.2) is 0 Å². The van der Waals surface area contributed by atoms with Gasteiger partial charge in [0.2, 0.25) is 0 Å². The molecule has 0 atom stereocenters. The van der Waals surface area contributed by atoms with Gasteiger partial charge < -0.3 is 10.2 Å². The first kappa shape index (κ1) is 8.06. The molecule has 1 fully saturated rings. The van der Waals surface area contributed by atoms with E-state index < -0.39 is 0 Å².